The van der Waals surface area contributed by atoms with Crippen LogP contribution in [0.1, 0.15) is 0 Å². The Morgan fingerprint density at radius 2 is 1.73 bits per heavy atom. The first-order valence-electron chi connectivity index (χ1n) is 7.67. The molecule has 0 fully saturated rings. The van der Waals surface area contributed by atoms with Crippen molar-refractivity contribution in [3.05, 3.63) is 73.2 Å². The van der Waals surface area contributed by atoms with Crippen LogP contribution in [0.25, 0.3) is 10.9 Å². The highest BCUT2D eigenvalue weighted by Crippen LogP contribution is 2.27. The fourth-order valence-corrected chi connectivity index (χ4v) is 3.17. The molecule has 0 amide bonds. The summed E-state index contributed by atoms with van der Waals surface area (Å²) >= 11 is 0. The number of para-hydroxylation sites is 1. The molecule has 0 radical (unpaired) electrons. The Morgan fingerprint density at radius 1 is 0.962 bits per heavy atom. The third-order valence-corrected chi connectivity index (χ3v) is 4.69. The largest absolute Gasteiger partial charge is 0.251 e. The van der Waals surface area contributed by atoms with Crippen molar-refractivity contribution in [2.75, 3.05) is 5.01 Å². The van der Waals surface area contributed by atoms with Crippen LogP contribution in [-0.4, -0.2) is 28.3 Å². The molecule has 2 N–H and O–H groups in total. The van der Waals surface area contributed by atoms with Gasteiger partial charge in [-0.3, -0.25) is 0 Å². The van der Waals surface area contributed by atoms with E-state index in [9.17, 15) is 8.42 Å². The van der Waals surface area contributed by atoms with Gasteiger partial charge >= 0.3 is 0 Å². The molecule has 0 unspecified atom stereocenters. The van der Waals surface area contributed by atoms with Crippen molar-refractivity contribution < 1.29 is 8.42 Å². The fourth-order valence-electron chi connectivity index (χ4n) is 2.62. The summed E-state index contributed by atoms with van der Waals surface area (Å²) in [5, 5.41) is 12.2. The molecule has 26 heavy (non-hydrogen) atoms. The first-order valence-corrected chi connectivity index (χ1v) is 9.22. The summed E-state index contributed by atoms with van der Waals surface area (Å²) in [6.45, 7) is 0. The van der Waals surface area contributed by atoms with Crippen molar-refractivity contribution in [1.82, 2.24) is 19.9 Å². The van der Waals surface area contributed by atoms with E-state index in [4.69, 9.17) is 5.14 Å². The number of anilines is 2. The SMILES string of the molecule is NS(=O)(=O)c1cccc(N(c2ncccn2)n2ncc3ccccc32)c1. The van der Waals surface area contributed by atoms with Gasteiger partial charge in [0.05, 0.1) is 22.3 Å². The van der Waals surface area contributed by atoms with Crippen LogP contribution in [0.5, 0.6) is 0 Å². The Kier molecular flexibility index (Phi) is 3.86. The second-order valence-electron chi connectivity index (χ2n) is 5.50. The molecule has 0 saturated heterocycles. The molecule has 4 aromatic rings. The molecule has 2 aromatic heterocycles. The highest BCUT2D eigenvalue weighted by Gasteiger charge is 2.19. The van der Waals surface area contributed by atoms with Crippen molar-refractivity contribution in [2.24, 2.45) is 5.14 Å². The van der Waals surface area contributed by atoms with E-state index in [0.717, 1.165) is 10.9 Å². The lowest BCUT2D eigenvalue weighted by molar-refractivity contribution is 0.597. The number of sulfonamides is 1. The molecule has 8 nitrogen and oxygen atoms in total. The maximum atomic E-state index is 11.7. The molecular formula is C17H14N6O2S. The molecule has 2 heterocycles. The van der Waals surface area contributed by atoms with Gasteiger partial charge in [0, 0.05) is 17.8 Å². The minimum Gasteiger partial charge on any atom is -0.225 e. The molecule has 9 heteroatoms. The second-order valence-corrected chi connectivity index (χ2v) is 7.06. The number of primary sulfonamides is 1. The molecule has 0 aliphatic carbocycles. The fraction of sp³-hybridized carbons (Fsp3) is 0. The highest BCUT2D eigenvalue weighted by atomic mass is 32.2. The average Bonchev–Trinajstić information content (AvgIpc) is 3.07. The van der Waals surface area contributed by atoms with Gasteiger partial charge in [0.25, 0.3) is 5.95 Å². The predicted octanol–water partition coefficient (Wildman–Crippen LogP) is 2.08. The van der Waals surface area contributed by atoms with E-state index < -0.39 is 10.0 Å². The summed E-state index contributed by atoms with van der Waals surface area (Å²) in [4.78, 5) is 10.2. The van der Waals surface area contributed by atoms with Gasteiger partial charge < -0.3 is 0 Å². The number of fused-ring (bicyclic) bond motifs is 1. The van der Waals surface area contributed by atoms with Crippen molar-refractivity contribution in [1.29, 1.82) is 0 Å². The molecule has 0 aliphatic heterocycles. The molecular weight excluding hydrogens is 352 g/mol. The summed E-state index contributed by atoms with van der Waals surface area (Å²) in [7, 11) is -3.85. The lowest BCUT2D eigenvalue weighted by Crippen LogP contribution is -2.27. The number of hydrogen-bond acceptors (Lipinski definition) is 6. The highest BCUT2D eigenvalue weighted by molar-refractivity contribution is 7.89. The lowest BCUT2D eigenvalue weighted by Gasteiger charge is -2.23. The van der Waals surface area contributed by atoms with Crippen LogP contribution in [0, 0.1) is 0 Å². The first kappa shape index (κ1) is 16.2. The third kappa shape index (κ3) is 2.89. The zero-order chi connectivity index (χ0) is 18.1. The maximum Gasteiger partial charge on any atom is 0.251 e. The van der Waals surface area contributed by atoms with Gasteiger partial charge in [-0.2, -0.15) is 14.9 Å². The predicted molar refractivity (Wildman–Crippen MR) is 97.1 cm³/mol. The number of benzene rings is 2. The quantitative estimate of drug-likeness (QED) is 0.592. The molecule has 0 saturated carbocycles. The van der Waals surface area contributed by atoms with Gasteiger partial charge in [-0.05, 0) is 30.3 Å². The zero-order valence-corrected chi connectivity index (χ0v) is 14.3. The zero-order valence-electron chi connectivity index (χ0n) is 13.5. The molecule has 2 aromatic carbocycles. The second kappa shape index (κ2) is 6.21. The number of nitrogens with two attached hydrogens (primary N) is 1. The van der Waals surface area contributed by atoms with Crippen LogP contribution in [0.15, 0.2) is 78.1 Å². The minimum absolute atomic E-state index is 0.00704. The monoisotopic (exact) mass is 366 g/mol. The molecule has 0 bridgehead atoms. The van der Waals surface area contributed by atoms with Gasteiger partial charge in [0.1, 0.15) is 0 Å². The first-order chi connectivity index (χ1) is 12.5. The summed E-state index contributed by atoms with van der Waals surface area (Å²) in [6, 6.07) is 15.6. The maximum absolute atomic E-state index is 11.7. The van der Waals surface area contributed by atoms with Gasteiger partial charge in [-0.1, -0.05) is 24.3 Å². The van der Waals surface area contributed by atoms with Crippen LogP contribution in [0.4, 0.5) is 11.6 Å². The van der Waals surface area contributed by atoms with Gasteiger partial charge in [-0.15, -0.1) is 0 Å². The van der Waals surface area contributed by atoms with Gasteiger partial charge in [0.15, 0.2) is 0 Å². The number of nitrogens with zero attached hydrogens (tertiary/aromatic N) is 5. The van der Waals surface area contributed by atoms with Gasteiger partial charge in [-0.25, -0.2) is 23.5 Å². The Labute approximate surface area is 149 Å². The summed E-state index contributed by atoms with van der Waals surface area (Å²) in [5.74, 6) is 0.341. The summed E-state index contributed by atoms with van der Waals surface area (Å²) < 4.78 is 23.5. The van der Waals surface area contributed by atoms with Crippen LogP contribution in [0.2, 0.25) is 0 Å². The van der Waals surface area contributed by atoms with Crippen molar-refractivity contribution in [2.45, 2.75) is 4.90 Å². The van der Waals surface area contributed by atoms with E-state index in [1.165, 1.54) is 12.1 Å². The van der Waals surface area contributed by atoms with E-state index >= 15 is 0 Å². The Balaban J connectivity index is 1.96. The Hall–Kier alpha value is -3.30. The molecule has 4 rings (SSSR count). The summed E-state index contributed by atoms with van der Waals surface area (Å²) in [5.41, 5.74) is 1.33. The van der Waals surface area contributed by atoms with Crippen LogP contribution in [0.3, 0.4) is 0 Å². The van der Waals surface area contributed by atoms with Crippen molar-refractivity contribution >= 4 is 32.6 Å². The topological polar surface area (TPSA) is 107 Å². The van der Waals surface area contributed by atoms with E-state index in [1.807, 2.05) is 24.3 Å². The van der Waals surface area contributed by atoms with Crippen LogP contribution < -0.4 is 10.1 Å². The summed E-state index contributed by atoms with van der Waals surface area (Å²) in [6.07, 6.45) is 4.92. The Morgan fingerprint density at radius 3 is 2.50 bits per heavy atom. The van der Waals surface area contributed by atoms with E-state index in [2.05, 4.69) is 15.1 Å². The smallest absolute Gasteiger partial charge is 0.225 e. The van der Waals surface area contributed by atoms with Gasteiger partial charge in [0.2, 0.25) is 10.0 Å². The molecule has 130 valence electrons. The number of hydrogen-bond donors (Lipinski definition) is 1. The number of aromatic nitrogens is 4. The average molecular weight is 366 g/mol. The van der Waals surface area contributed by atoms with E-state index in [-0.39, 0.29) is 4.90 Å². The number of rotatable bonds is 4. The van der Waals surface area contributed by atoms with Crippen LogP contribution in [-0.2, 0) is 10.0 Å². The van der Waals surface area contributed by atoms with Crippen molar-refractivity contribution in [3.8, 4) is 0 Å². The van der Waals surface area contributed by atoms with E-state index in [1.54, 1.807) is 46.6 Å². The molecule has 0 atom stereocenters. The normalized spacial score (nSPS) is 11.6. The molecule has 0 aliphatic rings. The van der Waals surface area contributed by atoms with Crippen molar-refractivity contribution in [3.63, 3.8) is 0 Å². The van der Waals surface area contributed by atoms with E-state index in [0.29, 0.717) is 11.6 Å². The Bertz CT molecular complexity index is 1170. The minimum atomic E-state index is -3.85. The molecule has 0 spiro atoms. The van der Waals surface area contributed by atoms with Crippen LogP contribution >= 0.6 is 0 Å². The third-order valence-electron chi connectivity index (χ3n) is 3.78. The standard InChI is InChI=1S/C17H14N6O2S/c18-26(24,25)15-7-3-6-14(11-15)22(17-19-9-4-10-20-17)23-16-8-2-1-5-13(16)12-21-23/h1-12H,(H2,18,24,25). The lowest BCUT2D eigenvalue weighted by atomic mass is 10.3.